The highest BCUT2D eigenvalue weighted by Crippen LogP contribution is 2.39. The highest BCUT2D eigenvalue weighted by Gasteiger charge is 2.37. The second-order valence-electron chi connectivity index (χ2n) is 5.57. The van der Waals surface area contributed by atoms with Gasteiger partial charge in [0.1, 0.15) is 0 Å². The Balaban J connectivity index is 1.68. The van der Waals surface area contributed by atoms with Gasteiger partial charge < -0.3 is 9.64 Å². The predicted octanol–water partition coefficient (Wildman–Crippen LogP) is 2.68. The highest BCUT2D eigenvalue weighted by atomic mass is 32.2. The van der Waals surface area contributed by atoms with Gasteiger partial charge in [-0.1, -0.05) is 23.4 Å². The average molecular weight is 266 g/mol. The van der Waals surface area contributed by atoms with Gasteiger partial charge in [-0.05, 0) is 32.6 Å². The number of amidine groups is 1. The maximum absolute atomic E-state index is 5.34. The smallest absolute Gasteiger partial charge is 0.160 e. The van der Waals surface area contributed by atoms with Crippen molar-refractivity contribution in [1.29, 1.82) is 0 Å². The predicted molar refractivity (Wildman–Crippen MR) is 77.2 cm³/mol. The Morgan fingerprint density at radius 2 is 2.44 bits per heavy atom. The summed E-state index contributed by atoms with van der Waals surface area (Å²) in [5.74, 6) is 0. The summed E-state index contributed by atoms with van der Waals surface area (Å²) >= 11 is 2.00. The first-order chi connectivity index (χ1) is 8.78. The first-order valence-corrected chi connectivity index (χ1v) is 7.81. The molecule has 100 valence electrons. The van der Waals surface area contributed by atoms with Crippen LogP contribution in [0.5, 0.6) is 0 Å². The van der Waals surface area contributed by atoms with Crippen LogP contribution in [-0.4, -0.2) is 47.7 Å². The van der Waals surface area contributed by atoms with Crippen LogP contribution in [0.2, 0.25) is 0 Å². The second kappa shape index (κ2) is 5.25. The molecule has 2 heterocycles. The number of nitrogens with zero attached hydrogens (tertiary/aromatic N) is 2. The van der Waals surface area contributed by atoms with Crippen molar-refractivity contribution >= 4 is 16.9 Å². The van der Waals surface area contributed by atoms with Crippen molar-refractivity contribution < 1.29 is 4.74 Å². The van der Waals surface area contributed by atoms with Crippen molar-refractivity contribution in [3.63, 3.8) is 0 Å². The summed E-state index contributed by atoms with van der Waals surface area (Å²) in [6.07, 6.45) is 7.24. The van der Waals surface area contributed by atoms with Crippen molar-refractivity contribution in [3.8, 4) is 0 Å². The van der Waals surface area contributed by atoms with E-state index >= 15 is 0 Å². The minimum atomic E-state index is 0.525. The summed E-state index contributed by atoms with van der Waals surface area (Å²) in [4.78, 5) is 7.45. The molecule has 3 aliphatic rings. The molecule has 1 saturated heterocycles. The fourth-order valence-corrected chi connectivity index (χ4v) is 4.69. The van der Waals surface area contributed by atoms with Crippen LogP contribution in [0, 0.1) is 0 Å². The minimum Gasteiger partial charge on any atom is -0.383 e. The molecule has 1 fully saturated rings. The van der Waals surface area contributed by atoms with Crippen molar-refractivity contribution in [1.82, 2.24) is 4.90 Å². The van der Waals surface area contributed by atoms with Crippen LogP contribution in [0.1, 0.15) is 32.6 Å². The molecular weight excluding hydrogens is 244 g/mol. The monoisotopic (exact) mass is 266 g/mol. The molecule has 2 aliphatic heterocycles. The number of fused-ring (bicyclic) bond motifs is 1. The van der Waals surface area contributed by atoms with Crippen LogP contribution < -0.4 is 0 Å². The summed E-state index contributed by atoms with van der Waals surface area (Å²) in [5.41, 5.74) is 1.54. The zero-order valence-electron chi connectivity index (χ0n) is 11.3. The van der Waals surface area contributed by atoms with Gasteiger partial charge in [-0.25, -0.2) is 0 Å². The van der Waals surface area contributed by atoms with Gasteiger partial charge in [0, 0.05) is 18.9 Å². The fraction of sp³-hybridized carbons (Fsp3) is 0.786. The molecule has 0 amide bonds. The van der Waals surface area contributed by atoms with E-state index in [1.54, 1.807) is 7.11 Å². The van der Waals surface area contributed by atoms with Crippen molar-refractivity contribution in [2.75, 3.05) is 20.3 Å². The Bertz CT molecular complexity index is 380. The molecule has 0 spiro atoms. The lowest BCUT2D eigenvalue weighted by Gasteiger charge is -2.25. The zero-order valence-corrected chi connectivity index (χ0v) is 12.1. The third-order valence-corrected chi connectivity index (χ3v) is 5.51. The quantitative estimate of drug-likeness (QED) is 0.718. The van der Waals surface area contributed by atoms with E-state index in [0.29, 0.717) is 17.3 Å². The maximum Gasteiger partial charge on any atom is 0.160 e. The zero-order chi connectivity index (χ0) is 12.5. The Hall–Kier alpha value is -0.480. The molecule has 0 aromatic heterocycles. The van der Waals surface area contributed by atoms with Crippen molar-refractivity contribution in [3.05, 3.63) is 11.6 Å². The van der Waals surface area contributed by atoms with Gasteiger partial charge in [0.2, 0.25) is 0 Å². The number of aliphatic imine (C=N–C) groups is 1. The van der Waals surface area contributed by atoms with E-state index in [4.69, 9.17) is 9.73 Å². The molecule has 0 aromatic carbocycles. The molecule has 18 heavy (non-hydrogen) atoms. The molecule has 0 saturated carbocycles. The molecule has 0 radical (unpaired) electrons. The number of methoxy groups -OCH3 is 1. The lowest BCUT2D eigenvalue weighted by atomic mass is 9.96. The summed E-state index contributed by atoms with van der Waals surface area (Å²) in [5, 5.41) is 1.97. The lowest BCUT2D eigenvalue weighted by molar-refractivity contribution is 0.146. The van der Waals surface area contributed by atoms with E-state index in [-0.39, 0.29) is 0 Å². The van der Waals surface area contributed by atoms with Gasteiger partial charge >= 0.3 is 0 Å². The van der Waals surface area contributed by atoms with Gasteiger partial charge in [0.05, 0.1) is 18.7 Å². The van der Waals surface area contributed by atoms with Gasteiger partial charge in [0.25, 0.3) is 0 Å². The molecule has 3 nitrogen and oxygen atoms in total. The van der Waals surface area contributed by atoms with Gasteiger partial charge in [-0.15, -0.1) is 0 Å². The van der Waals surface area contributed by atoms with Gasteiger partial charge in [-0.3, -0.25) is 4.99 Å². The van der Waals surface area contributed by atoms with Crippen LogP contribution in [0.4, 0.5) is 0 Å². The Morgan fingerprint density at radius 3 is 3.28 bits per heavy atom. The molecule has 0 bridgehead atoms. The number of likely N-dealkylation sites (tertiary alicyclic amines) is 1. The summed E-state index contributed by atoms with van der Waals surface area (Å²) in [6, 6.07) is 1.08. The van der Waals surface area contributed by atoms with E-state index in [9.17, 15) is 0 Å². The molecule has 3 atom stereocenters. The lowest BCUT2D eigenvalue weighted by Crippen LogP contribution is -2.36. The third-order valence-electron chi connectivity index (χ3n) is 4.18. The SMILES string of the molecule is COCC1CCCN1C1=NC2CC=C(C)C[C@H]2S1. The molecule has 2 unspecified atom stereocenters. The Labute approximate surface area is 114 Å². The van der Waals surface area contributed by atoms with Crippen LogP contribution in [0.25, 0.3) is 0 Å². The molecule has 3 rings (SSSR count). The molecule has 0 N–H and O–H groups in total. The number of thioether (sulfide) groups is 1. The van der Waals surface area contributed by atoms with Crippen LogP contribution >= 0.6 is 11.8 Å². The molecule has 0 aromatic rings. The van der Waals surface area contributed by atoms with Crippen LogP contribution in [-0.2, 0) is 4.74 Å². The highest BCUT2D eigenvalue weighted by molar-refractivity contribution is 8.14. The molecular formula is C14H22N2OS. The Morgan fingerprint density at radius 1 is 1.56 bits per heavy atom. The summed E-state index contributed by atoms with van der Waals surface area (Å²) in [7, 11) is 1.80. The largest absolute Gasteiger partial charge is 0.383 e. The standard InChI is InChI=1S/C14H22N2OS/c1-10-5-6-12-13(8-10)18-14(15-12)16-7-3-4-11(16)9-17-2/h5,11-13H,3-4,6-9H2,1-2H3/t11?,12?,13-/m1/s1. The van der Waals surface area contributed by atoms with Crippen molar-refractivity contribution in [2.45, 2.75) is 49.9 Å². The number of ether oxygens (including phenoxy) is 1. The molecule has 4 heteroatoms. The van der Waals surface area contributed by atoms with E-state index in [1.165, 1.54) is 30.0 Å². The average Bonchev–Trinajstić information content (AvgIpc) is 2.94. The Kier molecular flexibility index (Phi) is 3.66. The van der Waals surface area contributed by atoms with E-state index in [0.717, 1.165) is 19.6 Å². The van der Waals surface area contributed by atoms with Gasteiger partial charge in [0.15, 0.2) is 5.17 Å². The van der Waals surface area contributed by atoms with E-state index < -0.39 is 0 Å². The first-order valence-electron chi connectivity index (χ1n) is 6.93. The van der Waals surface area contributed by atoms with Gasteiger partial charge in [-0.2, -0.15) is 0 Å². The van der Waals surface area contributed by atoms with E-state index in [1.807, 2.05) is 11.8 Å². The second-order valence-corrected chi connectivity index (χ2v) is 6.78. The number of allylic oxidation sites excluding steroid dienone is 1. The fourth-order valence-electron chi connectivity index (χ4n) is 3.17. The summed E-state index contributed by atoms with van der Waals surface area (Å²) < 4.78 is 5.34. The van der Waals surface area contributed by atoms with Crippen molar-refractivity contribution in [2.24, 2.45) is 4.99 Å². The van der Waals surface area contributed by atoms with Crippen LogP contribution in [0.15, 0.2) is 16.6 Å². The summed E-state index contributed by atoms with van der Waals surface area (Å²) in [6.45, 7) is 4.25. The minimum absolute atomic E-state index is 0.525. The first kappa shape index (κ1) is 12.5. The molecule has 1 aliphatic carbocycles. The van der Waals surface area contributed by atoms with E-state index in [2.05, 4.69) is 17.9 Å². The topological polar surface area (TPSA) is 24.8 Å². The number of hydrogen-bond acceptors (Lipinski definition) is 4. The normalized spacial score (nSPS) is 35.4. The number of rotatable bonds is 2. The maximum atomic E-state index is 5.34. The number of hydrogen-bond donors (Lipinski definition) is 0. The third kappa shape index (κ3) is 2.32. The van der Waals surface area contributed by atoms with Crippen LogP contribution in [0.3, 0.4) is 0 Å².